The molecule has 23 heavy (non-hydrogen) atoms. The predicted molar refractivity (Wildman–Crippen MR) is 86.0 cm³/mol. The molecule has 3 heterocycles. The normalized spacial score (nSPS) is 14.3. The van der Waals surface area contributed by atoms with Crippen LogP contribution in [-0.4, -0.2) is 26.4 Å². The third-order valence-corrected chi connectivity index (χ3v) is 4.89. The highest BCUT2D eigenvalue weighted by Crippen LogP contribution is 2.23. The van der Waals surface area contributed by atoms with Crippen molar-refractivity contribution >= 4 is 34.5 Å². The molecule has 0 unspecified atom stereocenters. The van der Waals surface area contributed by atoms with Crippen LogP contribution in [0.15, 0.2) is 30.6 Å². The first kappa shape index (κ1) is 14.5. The molecule has 0 radical (unpaired) electrons. The Morgan fingerprint density at radius 2 is 2.35 bits per heavy atom. The van der Waals surface area contributed by atoms with Crippen LogP contribution in [0.2, 0.25) is 4.47 Å². The van der Waals surface area contributed by atoms with E-state index in [-0.39, 0.29) is 23.5 Å². The molecule has 0 aromatic carbocycles. The topological polar surface area (TPSA) is 70.5 Å². The Labute approximate surface area is 141 Å². The minimum atomic E-state index is -0.257. The fourth-order valence-corrected chi connectivity index (χ4v) is 3.51. The third-order valence-electron chi connectivity index (χ3n) is 3.79. The molecule has 1 saturated carbocycles. The van der Waals surface area contributed by atoms with Crippen LogP contribution in [0.4, 0.5) is 0 Å². The van der Waals surface area contributed by atoms with E-state index in [1.807, 2.05) is 18.2 Å². The first-order valence-electron chi connectivity index (χ1n) is 7.26. The van der Waals surface area contributed by atoms with E-state index < -0.39 is 0 Å². The van der Waals surface area contributed by atoms with Crippen LogP contribution < -0.4 is 9.88 Å². The van der Waals surface area contributed by atoms with Crippen molar-refractivity contribution in [3.63, 3.8) is 0 Å². The molecule has 0 spiro atoms. The monoisotopic (exact) mass is 349 g/mol. The van der Waals surface area contributed by atoms with Gasteiger partial charge in [0, 0.05) is 18.3 Å². The smallest absolute Gasteiger partial charge is 0.337 e. The zero-order chi connectivity index (χ0) is 16.0. The maximum atomic E-state index is 12.5. The Morgan fingerprint density at radius 3 is 3.04 bits per heavy atom. The zero-order valence-electron chi connectivity index (χ0n) is 12.1. The number of rotatable bonds is 4. The van der Waals surface area contributed by atoms with Crippen molar-refractivity contribution in [2.45, 2.75) is 25.4 Å². The predicted octanol–water partition coefficient (Wildman–Crippen LogP) is 1.98. The summed E-state index contributed by atoms with van der Waals surface area (Å²) >= 11 is 7.22. The number of carbonyl (C=O) groups is 1. The van der Waals surface area contributed by atoms with Gasteiger partial charge < -0.3 is 10.4 Å². The van der Waals surface area contributed by atoms with Gasteiger partial charge in [0.1, 0.15) is 6.54 Å². The Kier molecular flexibility index (Phi) is 3.46. The highest BCUT2D eigenvalue weighted by atomic mass is 35.5. The third kappa shape index (κ3) is 2.66. The molecule has 118 valence electrons. The van der Waals surface area contributed by atoms with Gasteiger partial charge in [-0.25, -0.2) is 4.98 Å². The summed E-state index contributed by atoms with van der Waals surface area (Å²) in [5, 5.41) is 13.5. The zero-order valence-corrected chi connectivity index (χ0v) is 13.6. The molecule has 1 fully saturated rings. The van der Waals surface area contributed by atoms with Crippen LogP contribution in [0.5, 0.6) is 5.88 Å². The molecular formula is C15H14ClN4O2S+. The van der Waals surface area contributed by atoms with Crippen molar-refractivity contribution in [3.05, 3.63) is 45.6 Å². The number of hydrogen-bond donors (Lipinski definition) is 2. The van der Waals surface area contributed by atoms with Gasteiger partial charge in [-0.05, 0) is 18.9 Å². The molecule has 8 heteroatoms. The summed E-state index contributed by atoms with van der Waals surface area (Å²) in [7, 11) is 0. The van der Waals surface area contributed by atoms with Gasteiger partial charge in [-0.15, -0.1) is 11.3 Å². The number of amides is 1. The van der Waals surface area contributed by atoms with Crippen LogP contribution in [0.3, 0.4) is 0 Å². The number of fused-ring (bicyclic) bond motifs is 1. The number of hydrogen-bond acceptors (Lipinski definition) is 4. The molecule has 0 saturated heterocycles. The first-order chi connectivity index (χ1) is 11.1. The fourth-order valence-electron chi connectivity index (χ4n) is 2.55. The number of thiazole rings is 1. The molecule has 3 aromatic heterocycles. The van der Waals surface area contributed by atoms with Gasteiger partial charge in [-0.1, -0.05) is 17.7 Å². The van der Waals surface area contributed by atoms with Gasteiger partial charge in [-0.2, -0.15) is 8.97 Å². The van der Waals surface area contributed by atoms with E-state index in [9.17, 15) is 9.90 Å². The van der Waals surface area contributed by atoms with E-state index in [1.54, 1.807) is 21.4 Å². The second-order valence-corrected chi connectivity index (χ2v) is 7.21. The van der Waals surface area contributed by atoms with E-state index in [4.69, 9.17) is 11.6 Å². The Hall–Kier alpha value is -2.12. The number of pyridine rings is 1. The Morgan fingerprint density at radius 1 is 1.52 bits per heavy atom. The summed E-state index contributed by atoms with van der Waals surface area (Å²) in [6.07, 6.45) is 5.44. The average Bonchev–Trinajstić information content (AvgIpc) is 3.18. The van der Waals surface area contributed by atoms with Crippen molar-refractivity contribution < 1.29 is 14.5 Å². The maximum Gasteiger partial charge on any atom is 0.337 e. The molecule has 2 N–H and O–H groups in total. The molecule has 0 atom stereocenters. The lowest BCUT2D eigenvalue weighted by molar-refractivity contribution is -0.667. The number of carbonyl (C=O) groups excluding carboxylic acids is 1. The summed E-state index contributed by atoms with van der Waals surface area (Å²) in [6.45, 7) is 0.403. The molecule has 0 aliphatic heterocycles. The summed E-state index contributed by atoms with van der Waals surface area (Å²) in [5.41, 5.74) is 0.985. The number of aromatic hydroxyl groups is 1. The van der Waals surface area contributed by atoms with Crippen molar-refractivity contribution in [2.24, 2.45) is 0 Å². The standard InChI is InChI=1S/C15H13ClN4O2S/c16-15-17-7-10(23-15)8-20-11-3-1-2-6-19(11)12(14(20)22)13(21)18-9-4-5-9/h1-3,6-7,9H,4-5,8H2,(H-,18,21,22)/p+1. The molecule has 1 aliphatic carbocycles. The number of nitrogens with zero attached hydrogens (tertiary/aromatic N) is 3. The molecule has 0 bridgehead atoms. The lowest BCUT2D eigenvalue weighted by Gasteiger charge is -1.99. The van der Waals surface area contributed by atoms with Crippen LogP contribution in [0, 0.1) is 0 Å². The molecular weight excluding hydrogens is 336 g/mol. The largest absolute Gasteiger partial charge is 0.474 e. The van der Waals surface area contributed by atoms with Crippen molar-refractivity contribution in [2.75, 3.05) is 0 Å². The lowest BCUT2D eigenvalue weighted by Crippen LogP contribution is -2.33. The van der Waals surface area contributed by atoms with Crippen molar-refractivity contribution in [1.82, 2.24) is 14.7 Å². The fraction of sp³-hybridized carbons (Fsp3) is 0.267. The van der Waals surface area contributed by atoms with Crippen molar-refractivity contribution in [3.8, 4) is 5.88 Å². The van der Waals surface area contributed by atoms with E-state index in [0.29, 0.717) is 11.0 Å². The summed E-state index contributed by atoms with van der Waals surface area (Å²) < 4.78 is 3.84. The number of imidazole rings is 1. The molecule has 1 aliphatic rings. The van der Waals surface area contributed by atoms with Crippen LogP contribution in [-0.2, 0) is 6.54 Å². The minimum absolute atomic E-state index is 0.0566. The van der Waals surface area contributed by atoms with E-state index in [1.165, 1.54) is 11.3 Å². The number of halogens is 1. The van der Waals surface area contributed by atoms with E-state index >= 15 is 0 Å². The first-order valence-corrected chi connectivity index (χ1v) is 8.46. The maximum absolute atomic E-state index is 12.5. The van der Waals surface area contributed by atoms with E-state index in [2.05, 4.69) is 10.3 Å². The van der Waals surface area contributed by atoms with Crippen molar-refractivity contribution in [1.29, 1.82) is 0 Å². The summed E-state index contributed by atoms with van der Waals surface area (Å²) in [5.74, 6) is -0.314. The second-order valence-electron chi connectivity index (χ2n) is 5.51. The second kappa shape index (κ2) is 5.50. The minimum Gasteiger partial charge on any atom is -0.474 e. The van der Waals surface area contributed by atoms with E-state index in [0.717, 1.165) is 23.4 Å². The van der Waals surface area contributed by atoms with Crippen LogP contribution in [0.1, 0.15) is 28.2 Å². The SMILES string of the molecule is O=C(NC1CC1)c1c(O)[n+](Cc2cnc(Cl)s2)c2ccccn12. The summed E-state index contributed by atoms with van der Waals surface area (Å²) in [6, 6.07) is 5.78. The van der Waals surface area contributed by atoms with Gasteiger partial charge in [0.15, 0.2) is 4.47 Å². The van der Waals surface area contributed by atoms with Gasteiger partial charge >= 0.3 is 5.88 Å². The Bertz CT molecular complexity index is 900. The number of aromatic nitrogens is 3. The molecule has 1 amide bonds. The Balaban J connectivity index is 1.80. The summed E-state index contributed by atoms with van der Waals surface area (Å²) in [4.78, 5) is 17.4. The lowest BCUT2D eigenvalue weighted by atomic mass is 10.4. The number of nitrogens with one attached hydrogen (secondary N) is 1. The van der Waals surface area contributed by atoms with Crippen LogP contribution in [0.25, 0.3) is 5.65 Å². The highest BCUT2D eigenvalue weighted by Gasteiger charge is 2.34. The van der Waals surface area contributed by atoms with Gasteiger partial charge in [0.25, 0.3) is 17.2 Å². The average molecular weight is 350 g/mol. The highest BCUT2D eigenvalue weighted by molar-refractivity contribution is 7.15. The quantitative estimate of drug-likeness (QED) is 0.708. The molecule has 4 rings (SSSR count). The van der Waals surface area contributed by atoms with Gasteiger partial charge in [0.2, 0.25) is 0 Å². The molecule has 6 nitrogen and oxygen atoms in total. The van der Waals surface area contributed by atoms with Gasteiger partial charge in [-0.3, -0.25) is 4.79 Å². The van der Waals surface area contributed by atoms with Gasteiger partial charge in [0.05, 0.1) is 11.1 Å². The van der Waals surface area contributed by atoms with Crippen LogP contribution >= 0.6 is 22.9 Å². The molecule has 3 aromatic rings.